The quantitative estimate of drug-likeness (QED) is 0.0824. The Morgan fingerprint density at radius 3 is 2.77 bits per heavy atom. The second-order valence-electron chi connectivity index (χ2n) is 1.91. The van der Waals surface area contributed by atoms with Gasteiger partial charge in [-0.2, -0.15) is 5.26 Å². The number of aliphatic imine (C=N–C) groups is 1. The molecular weight excluding hydrogens is 174 g/mol. The second-order valence-corrected chi connectivity index (χ2v) is 1.91. The molecule has 8 nitrogen and oxygen atoms in total. The van der Waals surface area contributed by atoms with E-state index in [1.54, 1.807) is 6.19 Å². The van der Waals surface area contributed by atoms with Crippen LogP contribution in [0, 0.1) is 11.5 Å². The second kappa shape index (κ2) is 6.68. The van der Waals surface area contributed by atoms with Crippen LogP contribution >= 0.6 is 0 Å². The number of nitrogens with one attached hydrogen (secondary N) is 3. The number of hydrogen-bond donors (Lipinski definition) is 5. The van der Waals surface area contributed by atoms with Crippen LogP contribution in [0.5, 0.6) is 0 Å². The van der Waals surface area contributed by atoms with Gasteiger partial charge in [-0.25, -0.2) is 9.79 Å². The molecule has 0 bridgehead atoms. The van der Waals surface area contributed by atoms with Crippen molar-refractivity contribution >= 4 is 12.0 Å². The van der Waals surface area contributed by atoms with E-state index in [-0.39, 0.29) is 19.3 Å². The molecule has 2 amide bonds. The fraction of sp³-hybridized carbons (Fsp3) is 0.400. The van der Waals surface area contributed by atoms with Gasteiger partial charge in [0.05, 0.1) is 13.3 Å². The molecule has 0 aromatic rings. The monoisotopic (exact) mass is 185 g/mol. The zero-order valence-electron chi connectivity index (χ0n) is 6.87. The fourth-order valence-corrected chi connectivity index (χ4v) is 0.443. The molecule has 0 unspecified atom stereocenters. The Labute approximate surface area is 75.0 Å². The highest BCUT2D eigenvalue weighted by Crippen LogP contribution is 1.63. The van der Waals surface area contributed by atoms with Crippen molar-refractivity contribution in [3.63, 3.8) is 0 Å². The first-order chi connectivity index (χ1) is 6.16. The van der Waals surface area contributed by atoms with Gasteiger partial charge in [-0.05, 0) is 0 Å². The highest BCUT2D eigenvalue weighted by molar-refractivity contribution is 5.79. The van der Waals surface area contributed by atoms with Gasteiger partial charge in [-0.1, -0.05) is 0 Å². The van der Waals surface area contributed by atoms with Crippen molar-refractivity contribution < 1.29 is 4.79 Å². The SMILES string of the molecule is N#CNC(N)=NCNCNC(N)=O. The van der Waals surface area contributed by atoms with Crippen LogP contribution in [0.3, 0.4) is 0 Å². The molecule has 0 heterocycles. The number of rotatable bonds is 4. The molecule has 0 fully saturated rings. The van der Waals surface area contributed by atoms with Crippen molar-refractivity contribution in [2.24, 2.45) is 16.5 Å². The minimum Gasteiger partial charge on any atom is -0.369 e. The zero-order valence-corrected chi connectivity index (χ0v) is 6.87. The molecule has 0 aromatic heterocycles. The lowest BCUT2D eigenvalue weighted by Gasteiger charge is -2.01. The first kappa shape index (κ1) is 11.0. The highest BCUT2D eigenvalue weighted by atomic mass is 16.2. The van der Waals surface area contributed by atoms with Gasteiger partial charge < -0.3 is 16.8 Å². The number of carbonyl (C=O) groups is 1. The Bertz CT molecular complexity index is 230. The van der Waals surface area contributed by atoms with Gasteiger partial charge in [0.1, 0.15) is 0 Å². The van der Waals surface area contributed by atoms with Crippen LogP contribution in [0.25, 0.3) is 0 Å². The average molecular weight is 185 g/mol. The normalized spacial score (nSPS) is 10.2. The van der Waals surface area contributed by atoms with Gasteiger partial charge >= 0.3 is 6.03 Å². The maximum Gasteiger partial charge on any atom is 0.313 e. The number of nitrogens with zero attached hydrogens (tertiary/aromatic N) is 2. The van der Waals surface area contributed by atoms with Gasteiger partial charge in [0, 0.05) is 0 Å². The Morgan fingerprint density at radius 2 is 2.23 bits per heavy atom. The summed E-state index contributed by atoms with van der Waals surface area (Å²) in [6.45, 7) is 0.374. The molecule has 0 aliphatic rings. The van der Waals surface area contributed by atoms with E-state index in [0.717, 1.165) is 0 Å². The van der Waals surface area contributed by atoms with E-state index < -0.39 is 6.03 Å². The summed E-state index contributed by atoms with van der Waals surface area (Å²) in [5.74, 6) is 0.00840. The molecule has 0 saturated heterocycles. The first-order valence-electron chi connectivity index (χ1n) is 3.36. The summed E-state index contributed by atoms with van der Waals surface area (Å²) in [6.07, 6.45) is 1.60. The van der Waals surface area contributed by atoms with E-state index in [9.17, 15) is 4.79 Å². The van der Waals surface area contributed by atoms with E-state index in [2.05, 4.69) is 20.9 Å². The number of nitrogens with two attached hydrogens (primary N) is 2. The maximum absolute atomic E-state index is 10.2. The van der Waals surface area contributed by atoms with Gasteiger partial charge in [0.2, 0.25) is 5.96 Å². The molecule has 0 aliphatic heterocycles. The first-order valence-corrected chi connectivity index (χ1v) is 3.36. The minimum absolute atomic E-state index is 0.00840. The Balaban J connectivity index is 3.40. The van der Waals surface area contributed by atoms with Crippen LogP contribution in [0.2, 0.25) is 0 Å². The number of amides is 2. The standard InChI is InChI=1S/C5H11N7O/c6-1-10-4(7)11-2-9-3-12-5(8)13/h9H,2-3H2,(H3,7,10,11)(H3,8,12,13). The molecule has 0 rings (SSSR count). The van der Waals surface area contributed by atoms with Gasteiger partial charge in [-0.15, -0.1) is 0 Å². The lowest BCUT2D eigenvalue weighted by Crippen LogP contribution is -2.38. The molecule has 8 heteroatoms. The lowest BCUT2D eigenvalue weighted by molar-refractivity contribution is 0.248. The third kappa shape index (κ3) is 7.89. The van der Waals surface area contributed by atoms with Gasteiger partial charge in [0.15, 0.2) is 6.19 Å². The van der Waals surface area contributed by atoms with Gasteiger partial charge in [0.25, 0.3) is 0 Å². The number of carbonyl (C=O) groups excluding carboxylic acids is 1. The molecule has 0 atom stereocenters. The molecule has 7 N–H and O–H groups in total. The van der Waals surface area contributed by atoms with Gasteiger partial charge in [-0.3, -0.25) is 10.6 Å². The molecule has 72 valence electrons. The topological polar surface area (TPSA) is 141 Å². The molecule has 0 aliphatic carbocycles. The minimum atomic E-state index is -0.625. The van der Waals surface area contributed by atoms with E-state index in [4.69, 9.17) is 16.7 Å². The zero-order chi connectivity index (χ0) is 10.1. The van der Waals surface area contributed by atoms with Crippen LogP contribution in [0.15, 0.2) is 4.99 Å². The van der Waals surface area contributed by atoms with Crippen molar-refractivity contribution in [1.82, 2.24) is 16.0 Å². The summed E-state index contributed by atoms with van der Waals surface area (Å²) in [4.78, 5) is 13.8. The van der Waals surface area contributed by atoms with Crippen molar-refractivity contribution in [2.75, 3.05) is 13.3 Å². The summed E-state index contributed by atoms with van der Waals surface area (Å²) in [5, 5.41) is 15.2. The molecule has 0 aromatic carbocycles. The lowest BCUT2D eigenvalue weighted by atomic mass is 10.8. The Kier molecular flexibility index (Phi) is 5.65. The number of guanidine groups is 1. The Hall–Kier alpha value is -2.01. The molecule has 13 heavy (non-hydrogen) atoms. The van der Waals surface area contributed by atoms with Crippen LogP contribution < -0.4 is 27.4 Å². The summed E-state index contributed by atoms with van der Waals surface area (Å²) >= 11 is 0. The highest BCUT2D eigenvalue weighted by Gasteiger charge is 1.89. The molecule has 0 saturated carbocycles. The van der Waals surface area contributed by atoms with Crippen molar-refractivity contribution in [1.29, 1.82) is 5.26 Å². The van der Waals surface area contributed by atoms with E-state index >= 15 is 0 Å². The van der Waals surface area contributed by atoms with Crippen molar-refractivity contribution in [3.8, 4) is 6.19 Å². The number of nitriles is 1. The fourth-order valence-electron chi connectivity index (χ4n) is 0.443. The van der Waals surface area contributed by atoms with Crippen LogP contribution in [0.4, 0.5) is 4.79 Å². The molecular formula is C5H11N7O. The van der Waals surface area contributed by atoms with Crippen molar-refractivity contribution in [3.05, 3.63) is 0 Å². The van der Waals surface area contributed by atoms with E-state index in [0.29, 0.717) is 0 Å². The van der Waals surface area contributed by atoms with Crippen LogP contribution in [-0.4, -0.2) is 25.3 Å². The predicted molar refractivity (Wildman–Crippen MR) is 46.0 cm³/mol. The van der Waals surface area contributed by atoms with Crippen LogP contribution in [-0.2, 0) is 0 Å². The van der Waals surface area contributed by atoms with E-state index in [1.165, 1.54) is 0 Å². The number of urea groups is 1. The molecule has 0 spiro atoms. The summed E-state index contributed by atoms with van der Waals surface area (Å²) in [5.41, 5.74) is 9.97. The summed E-state index contributed by atoms with van der Waals surface area (Å²) in [7, 11) is 0. The Morgan fingerprint density at radius 1 is 1.54 bits per heavy atom. The number of hydrogen-bond acceptors (Lipinski definition) is 4. The van der Waals surface area contributed by atoms with E-state index in [1.807, 2.05) is 0 Å². The largest absolute Gasteiger partial charge is 0.369 e. The predicted octanol–water partition coefficient (Wildman–Crippen LogP) is -2.46. The summed E-state index contributed by atoms with van der Waals surface area (Å²) in [6, 6.07) is -0.625. The smallest absolute Gasteiger partial charge is 0.313 e. The average Bonchev–Trinajstić information content (AvgIpc) is 2.03. The number of primary amides is 1. The maximum atomic E-state index is 10.2. The molecule has 0 radical (unpaired) electrons. The third-order valence-corrected chi connectivity index (χ3v) is 0.933. The van der Waals surface area contributed by atoms with Crippen molar-refractivity contribution in [2.45, 2.75) is 0 Å². The van der Waals surface area contributed by atoms with Crippen LogP contribution in [0.1, 0.15) is 0 Å². The third-order valence-electron chi connectivity index (χ3n) is 0.933. The summed E-state index contributed by atoms with van der Waals surface area (Å²) < 4.78 is 0.